The van der Waals surface area contributed by atoms with Crippen LogP contribution < -0.4 is 0 Å². The molecule has 0 radical (unpaired) electrons. The lowest BCUT2D eigenvalue weighted by Gasteiger charge is -2.31. The molecule has 96 valence electrons. The van der Waals surface area contributed by atoms with Crippen molar-refractivity contribution in [1.29, 1.82) is 0 Å². The van der Waals surface area contributed by atoms with E-state index in [0.717, 1.165) is 31.6 Å². The lowest BCUT2D eigenvalue weighted by Crippen LogP contribution is -2.36. The predicted molar refractivity (Wildman–Crippen MR) is 80.1 cm³/mol. The van der Waals surface area contributed by atoms with E-state index in [-0.39, 0.29) is 0 Å². The molecule has 0 atom stereocenters. The van der Waals surface area contributed by atoms with Gasteiger partial charge in [-0.15, -0.1) is 11.3 Å². The van der Waals surface area contributed by atoms with Crippen LogP contribution in [-0.2, 0) is 11.3 Å². The van der Waals surface area contributed by atoms with Crippen LogP contribution in [0.4, 0.5) is 0 Å². The normalized spacial score (nSPS) is 18.7. The van der Waals surface area contributed by atoms with Gasteiger partial charge in [-0.1, -0.05) is 15.9 Å². The van der Waals surface area contributed by atoms with Crippen LogP contribution in [0.25, 0.3) is 0 Å². The molecule has 1 aromatic heterocycles. The fraction of sp³-hybridized carbons (Fsp3) is 0.667. The number of halogens is 2. The van der Waals surface area contributed by atoms with Crippen molar-refractivity contribution in [2.24, 2.45) is 0 Å². The second-order valence-electron chi connectivity index (χ2n) is 4.27. The fourth-order valence-corrected chi connectivity index (χ4v) is 3.78. The highest BCUT2D eigenvalue weighted by Crippen LogP contribution is 2.23. The average Bonchev–Trinajstić information content (AvgIpc) is 2.74. The maximum atomic E-state index is 5.76. The van der Waals surface area contributed by atoms with Gasteiger partial charge in [0.15, 0.2) is 0 Å². The number of hydrogen-bond donors (Lipinski definition) is 0. The van der Waals surface area contributed by atoms with Gasteiger partial charge in [0, 0.05) is 39.7 Å². The van der Waals surface area contributed by atoms with Crippen molar-refractivity contribution in [3.8, 4) is 0 Å². The van der Waals surface area contributed by atoms with Crippen LogP contribution in [0.1, 0.15) is 17.7 Å². The minimum absolute atomic E-state index is 0.471. The van der Waals surface area contributed by atoms with Gasteiger partial charge in [-0.05, 0) is 34.8 Å². The van der Waals surface area contributed by atoms with E-state index >= 15 is 0 Å². The van der Waals surface area contributed by atoms with Crippen LogP contribution >= 0.6 is 43.2 Å². The maximum Gasteiger partial charge on any atom is 0.0599 e. The van der Waals surface area contributed by atoms with Gasteiger partial charge in [-0.3, -0.25) is 4.90 Å². The van der Waals surface area contributed by atoms with E-state index in [9.17, 15) is 0 Å². The van der Waals surface area contributed by atoms with Crippen molar-refractivity contribution in [3.05, 3.63) is 20.8 Å². The van der Waals surface area contributed by atoms with Crippen LogP contribution in [0.2, 0.25) is 0 Å². The molecule has 2 heterocycles. The van der Waals surface area contributed by atoms with Gasteiger partial charge in [0.1, 0.15) is 0 Å². The molecule has 5 heteroatoms. The quantitative estimate of drug-likeness (QED) is 0.716. The topological polar surface area (TPSA) is 12.5 Å². The summed E-state index contributed by atoms with van der Waals surface area (Å²) in [5.74, 6) is 0. The summed E-state index contributed by atoms with van der Waals surface area (Å²) < 4.78 is 6.96. The number of piperidine rings is 1. The van der Waals surface area contributed by atoms with Gasteiger partial charge < -0.3 is 4.74 Å². The first-order valence-corrected chi connectivity index (χ1v) is 8.70. The van der Waals surface area contributed by atoms with Gasteiger partial charge >= 0.3 is 0 Å². The average molecular weight is 383 g/mol. The minimum Gasteiger partial charge on any atom is -0.377 e. The van der Waals surface area contributed by atoms with Crippen LogP contribution in [-0.4, -0.2) is 36.0 Å². The molecule has 0 aromatic carbocycles. The van der Waals surface area contributed by atoms with Crippen LogP contribution in [0.15, 0.2) is 15.9 Å². The largest absolute Gasteiger partial charge is 0.377 e. The Morgan fingerprint density at radius 3 is 2.76 bits per heavy atom. The van der Waals surface area contributed by atoms with Crippen molar-refractivity contribution in [2.45, 2.75) is 25.5 Å². The summed E-state index contributed by atoms with van der Waals surface area (Å²) in [6, 6.07) is 2.22. The third kappa shape index (κ3) is 4.63. The first-order valence-electron chi connectivity index (χ1n) is 5.91. The molecule has 0 unspecified atom stereocenters. The van der Waals surface area contributed by atoms with Crippen LogP contribution in [0.5, 0.6) is 0 Å². The highest BCUT2D eigenvalue weighted by Gasteiger charge is 2.19. The molecule has 0 spiro atoms. The van der Waals surface area contributed by atoms with Gasteiger partial charge in [-0.2, -0.15) is 0 Å². The molecule has 2 rings (SSSR count). The van der Waals surface area contributed by atoms with E-state index in [4.69, 9.17) is 4.74 Å². The SMILES string of the molecule is BrCCOC1CCN(Cc2cc(Br)cs2)CC1. The molecule has 1 aliphatic heterocycles. The number of nitrogens with zero attached hydrogens (tertiary/aromatic N) is 1. The Labute approximate surface area is 124 Å². The molecule has 0 aliphatic carbocycles. The van der Waals surface area contributed by atoms with Gasteiger partial charge in [-0.25, -0.2) is 0 Å². The molecule has 1 fully saturated rings. The fourth-order valence-electron chi connectivity index (χ4n) is 2.10. The minimum atomic E-state index is 0.471. The lowest BCUT2D eigenvalue weighted by atomic mass is 10.1. The molecule has 1 aromatic rings. The van der Waals surface area contributed by atoms with Crippen LogP contribution in [0, 0.1) is 0 Å². The van der Waals surface area contributed by atoms with Crippen molar-refractivity contribution in [3.63, 3.8) is 0 Å². The number of rotatable bonds is 5. The standard InChI is InChI=1S/C12H17Br2NOS/c13-3-6-16-11-1-4-15(5-2-11)8-12-7-10(14)9-17-12/h7,9,11H,1-6,8H2. The van der Waals surface area contributed by atoms with Crippen molar-refractivity contribution in [2.75, 3.05) is 25.0 Å². The van der Waals surface area contributed by atoms with Gasteiger partial charge in [0.25, 0.3) is 0 Å². The summed E-state index contributed by atoms with van der Waals surface area (Å²) in [5, 5.41) is 3.09. The molecule has 17 heavy (non-hydrogen) atoms. The molecule has 0 saturated carbocycles. The summed E-state index contributed by atoms with van der Waals surface area (Å²) in [4.78, 5) is 3.96. The highest BCUT2D eigenvalue weighted by molar-refractivity contribution is 9.10. The predicted octanol–water partition coefficient (Wildman–Crippen LogP) is 3.89. The molecule has 1 aliphatic rings. The summed E-state index contributed by atoms with van der Waals surface area (Å²) in [6.07, 6.45) is 2.80. The third-order valence-corrected chi connectivity index (χ3v) is 4.97. The second kappa shape index (κ2) is 7.24. The Morgan fingerprint density at radius 2 is 2.18 bits per heavy atom. The Hall–Kier alpha value is 0.580. The molecule has 0 N–H and O–H groups in total. The van der Waals surface area contributed by atoms with Crippen LogP contribution in [0.3, 0.4) is 0 Å². The summed E-state index contributed by atoms with van der Waals surface area (Å²) in [6.45, 7) is 4.23. The zero-order chi connectivity index (χ0) is 12.1. The first-order chi connectivity index (χ1) is 8.28. The number of likely N-dealkylation sites (tertiary alicyclic amines) is 1. The van der Waals surface area contributed by atoms with E-state index < -0.39 is 0 Å². The zero-order valence-corrected chi connectivity index (χ0v) is 13.7. The highest BCUT2D eigenvalue weighted by atomic mass is 79.9. The third-order valence-electron chi connectivity index (χ3n) is 2.97. The molecule has 0 bridgehead atoms. The molecular weight excluding hydrogens is 366 g/mol. The van der Waals surface area contributed by atoms with E-state index in [0.29, 0.717) is 6.10 Å². The van der Waals surface area contributed by atoms with Crippen molar-refractivity contribution in [1.82, 2.24) is 4.90 Å². The Balaban J connectivity index is 1.72. The number of thiophene rings is 1. The molecule has 1 saturated heterocycles. The smallest absolute Gasteiger partial charge is 0.0599 e. The van der Waals surface area contributed by atoms with Crippen molar-refractivity contribution >= 4 is 43.2 Å². The Bertz CT molecular complexity index is 337. The molecule has 2 nitrogen and oxygen atoms in total. The molecule has 0 amide bonds. The van der Waals surface area contributed by atoms with Crippen molar-refractivity contribution < 1.29 is 4.74 Å². The number of hydrogen-bond acceptors (Lipinski definition) is 3. The van der Waals surface area contributed by atoms with Gasteiger partial charge in [0.2, 0.25) is 0 Å². The van der Waals surface area contributed by atoms with E-state index in [1.54, 1.807) is 0 Å². The zero-order valence-electron chi connectivity index (χ0n) is 9.70. The summed E-state index contributed by atoms with van der Waals surface area (Å²) in [5.41, 5.74) is 0. The Morgan fingerprint density at radius 1 is 1.41 bits per heavy atom. The summed E-state index contributed by atoms with van der Waals surface area (Å²) >= 11 is 8.73. The van der Waals surface area contributed by atoms with E-state index in [1.807, 2.05) is 11.3 Å². The van der Waals surface area contributed by atoms with E-state index in [2.05, 4.69) is 48.2 Å². The number of alkyl halides is 1. The van der Waals surface area contributed by atoms with E-state index in [1.165, 1.54) is 22.2 Å². The maximum absolute atomic E-state index is 5.76. The Kier molecular flexibility index (Phi) is 5.96. The van der Waals surface area contributed by atoms with Gasteiger partial charge in [0.05, 0.1) is 12.7 Å². The lowest BCUT2D eigenvalue weighted by molar-refractivity contribution is 0.0143. The second-order valence-corrected chi connectivity index (χ2v) is 6.97. The number of ether oxygens (including phenoxy) is 1. The summed E-state index contributed by atoms with van der Waals surface area (Å²) in [7, 11) is 0. The first kappa shape index (κ1) is 14.0. The molecular formula is C12H17Br2NOS. The monoisotopic (exact) mass is 381 g/mol.